The summed E-state index contributed by atoms with van der Waals surface area (Å²) in [6.45, 7) is 1.92. The fourth-order valence-electron chi connectivity index (χ4n) is 4.36. The molecule has 2 fully saturated rings. The van der Waals surface area contributed by atoms with Crippen LogP contribution in [0.5, 0.6) is 0 Å². The van der Waals surface area contributed by atoms with E-state index in [9.17, 15) is 4.79 Å². The molecule has 0 bridgehead atoms. The number of benzene rings is 1. The van der Waals surface area contributed by atoms with Crippen LogP contribution in [0.3, 0.4) is 0 Å². The first-order valence-electron chi connectivity index (χ1n) is 9.06. The summed E-state index contributed by atoms with van der Waals surface area (Å²) < 4.78 is 5.71. The van der Waals surface area contributed by atoms with Crippen LogP contribution in [0.15, 0.2) is 33.8 Å². The number of furan rings is 1. The van der Waals surface area contributed by atoms with Crippen molar-refractivity contribution in [3.05, 3.63) is 35.6 Å². The molecule has 1 aromatic carbocycles. The summed E-state index contributed by atoms with van der Waals surface area (Å²) >= 11 is 0. The molecular weight excluding hydrogens is 300 g/mol. The van der Waals surface area contributed by atoms with Crippen molar-refractivity contribution in [2.24, 2.45) is 16.9 Å². The molecule has 4 rings (SSSR count). The fourth-order valence-corrected chi connectivity index (χ4v) is 4.36. The van der Waals surface area contributed by atoms with Gasteiger partial charge in [-0.15, -0.1) is 0 Å². The number of nitrogens with one attached hydrogen (secondary N) is 1. The Labute approximate surface area is 142 Å². The molecule has 24 heavy (non-hydrogen) atoms. The zero-order valence-electron chi connectivity index (χ0n) is 14.2. The van der Waals surface area contributed by atoms with Crippen LogP contribution in [-0.2, 0) is 0 Å². The van der Waals surface area contributed by atoms with Crippen LogP contribution in [0.2, 0.25) is 0 Å². The third-order valence-electron chi connectivity index (χ3n) is 5.73. The smallest absolute Gasteiger partial charge is 0.307 e. The topological polar surface area (TPSA) is 54.6 Å². The number of carbonyl (C=O) groups excluding carboxylic acids is 1. The summed E-state index contributed by atoms with van der Waals surface area (Å²) in [6, 6.07) is 7.72. The lowest BCUT2D eigenvalue weighted by Gasteiger charge is -2.35. The van der Waals surface area contributed by atoms with Crippen molar-refractivity contribution in [2.75, 3.05) is 0 Å². The van der Waals surface area contributed by atoms with Gasteiger partial charge >= 0.3 is 5.91 Å². The zero-order chi connectivity index (χ0) is 16.5. The van der Waals surface area contributed by atoms with Crippen LogP contribution < -0.4 is 5.43 Å². The van der Waals surface area contributed by atoms with Crippen LogP contribution in [0.25, 0.3) is 11.0 Å². The van der Waals surface area contributed by atoms with Gasteiger partial charge in [-0.05, 0) is 50.5 Å². The number of carbonyl (C=O) groups is 1. The lowest BCUT2D eigenvalue weighted by atomic mass is 9.70. The Morgan fingerprint density at radius 1 is 1.17 bits per heavy atom. The molecule has 2 aliphatic rings. The number of nitrogens with zero attached hydrogens (tertiary/aromatic N) is 1. The van der Waals surface area contributed by atoms with Crippen LogP contribution in [-0.4, -0.2) is 11.6 Å². The second kappa shape index (κ2) is 6.42. The summed E-state index contributed by atoms with van der Waals surface area (Å²) in [7, 11) is 0. The minimum Gasteiger partial charge on any atom is -0.451 e. The Hall–Kier alpha value is -2.10. The van der Waals surface area contributed by atoms with Crippen molar-refractivity contribution in [1.82, 2.24) is 5.43 Å². The summed E-state index contributed by atoms with van der Waals surface area (Å²) in [5, 5.41) is 5.40. The largest absolute Gasteiger partial charge is 0.451 e. The van der Waals surface area contributed by atoms with E-state index in [4.69, 9.17) is 4.42 Å². The predicted molar refractivity (Wildman–Crippen MR) is 95.2 cm³/mol. The van der Waals surface area contributed by atoms with Gasteiger partial charge in [0.2, 0.25) is 0 Å². The van der Waals surface area contributed by atoms with Gasteiger partial charge in [0, 0.05) is 16.7 Å². The quantitative estimate of drug-likeness (QED) is 0.805. The van der Waals surface area contributed by atoms with E-state index in [1.807, 2.05) is 31.2 Å². The van der Waals surface area contributed by atoms with Gasteiger partial charge in [-0.3, -0.25) is 4.79 Å². The summed E-state index contributed by atoms with van der Waals surface area (Å²) in [4.78, 5) is 12.4. The summed E-state index contributed by atoms with van der Waals surface area (Å²) in [5.41, 5.74) is 5.48. The highest BCUT2D eigenvalue weighted by Crippen LogP contribution is 2.39. The third-order valence-corrected chi connectivity index (χ3v) is 5.73. The fraction of sp³-hybridized carbons (Fsp3) is 0.500. The van der Waals surface area contributed by atoms with Gasteiger partial charge in [-0.1, -0.05) is 37.5 Å². The molecule has 2 atom stereocenters. The number of fused-ring (bicyclic) bond motifs is 2. The van der Waals surface area contributed by atoms with Gasteiger partial charge in [-0.25, -0.2) is 5.43 Å². The molecule has 0 spiro atoms. The molecule has 0 unspecified atom stereocenters. The van der Waals surface area contributed by atoms with Gasteiger partial charge < -0.3 is 4.42 Å². The molecule has 4 nitrogen and oxygen atoms in total. The SMILES string of the molecule is Cc1c(C(=O)N/N=C2\CC[C@H]3CCCC[C@@H]3C2)oc2ccccc12. The highest BCUT2D eigenvalue weighted by atomic mass is 16.3. The number of rotatable bonds is 2. The van der Waals surface area contributed by atoms with Crippen LogP contribution in [0.1, 0.15) is 61.1 Å². The maximum atomic E-state index is 12.4. The van der Waals surface area contributed by atoms with Gasteiger partial charge in [0.1, 0.15) is 5.58 Å². The average Bonchev–Trinajstić information content (AvgIpc) is 2.97. The maximum absolute atomic E-state index is 12.4. The van der Waals surface area contributed by atoms with Crippen LogP contribution in [0, 0.1) is 18.8 Å². The normalized spacial score (nSPS) is 25.6. The molecule has 0 saturated heterocycles. The Morgan fingerprint density at radius 2 is 1.96 bits per heavy atom. The van der Waals surface area contributed by atoms with E-state index in [1.54, 1.807) is 0 Å². The molecule has 2 saturated carbocycles. The van der Waals surface area contributed by atoms with Crippen molar-refractivity contribution in [2.45, 2.75) is 51.9 Å². The standard InChI is InChI=1S/C20H24N2O2/c1-13-17-8-4-5-9-18(17)24-19(13)20(23)22-21-16-11-10-14-6-2-3-7-15(14)12-16/h4-5,8-9,14-15H,2-3,6-7,10-12H2,1H3,(H,22,23)/b21-16+/t14-,15-/m1/s1. The Morgan fingerprint density at radius 3 is 2.79 bits per heavy atom. The molecule has 1 N–H and O–H groups in total. The number of hydrogen-bond donors (Lipinski definition) is 1. The zero-order valence-corrected chi connectivity index (χ0v) is 14.2. The van der Waals surface area contributed by atoms with Crippen molar-refractivity contribution in [3.63, 3.8) is 0 Å². The molecule has 1 heterocycles. The number of aryl methyl sites for hydroxylation is 1. The van der Waals surface area contributed by atoms with Crippen molar-refractivity contribution in [3.8, 4) is 0 Å². The summed E-state index contributed by atoms with van der Waals surface area (Å²) in [5.74, 6) is 1.77. The van der Waals surface area contributed by atoms with Gasteiger partial charge in [0.05, 0.1) is 0 Å². The monoisotopic (exact) mass is 324 g/mol. The van der Waals surface area contributed by atoms with E-state index in [2.05, 4.69) is 10.5 Å². The highest BCUT2D eigenvalue weighted by molar-refractivity contribution is 5.99. The van der Waals surface area contributed by atoms with Crippen molar-refractivity contribution >= 4 is 22.6 Å². The van der Waals surface area contributed by atoms with E-state index in [0.717, 1.165) is 46.9 Å². The molecule has 0 radical (unpaired) electrons. The minimum absolute atomic E-state index is 0.248. The molecule has 0 aliphatic heterocycles. The third kappa shape index (κ3) is 2.85. The van der Waals surface area contributed by atoms with Crippen LogP contribution in [0.4, 0.5) is 0 Å². The first-order chi connectivity index (χ1) is 11.7. The number of amides is 1. The molecule has 2 aliphatic carbocycles. The Balaban J connectivity index is 1.46. The van der Waals surface area contributed by atoms with E-state index in [0.29, 0.717) is 5.76 Å². The Bertz CT molecular complexity index is 790. The van der Waals surface area contributed by atoms with Crippen molar-refractivity contribution < 1.29 is 9.21 Å². The molecule has 1 aromatic heterocycles. The number of hydrazone groups is 1. The second-order valence-electron chi connectivity index (χ2n) is 7.22. The highest BCUT2D eigenvalue weighted by Gasteiger charge is 2.30. The lowest BCUT2D eigenvalue weighted by molar-refractivity contribution is 0.0927. The summed E-state index contributed by atoms with van der Waals surface area (Å²) in [6.07, 6.45) is 8.71. The van der Waals surface area contributed by atoms with E-state index < -0.39 is 0 Å². The van der Waals surface area contributed by atoms with E-state index in [1.165, 1.54) is 32.1 Å². The van der Waals surface area contributed by atoms with Gasteiger partial charge in [0.15, 0.2) is 5.76 Å². The van der Waals surface area contributed by atoms with Gasteiger partial charge in [0.25, 0.3) is 0 Å². The molecule has 1 amide bonds. The van der Waals surface area contributed by atoms with E-state index >= 15 is 0 Å². The number of hydrogen-bond acceptors (Lipinski definition) is 3. The first-order valence-corrected chi connectivity index (χ1v) is 9.06. The first kappa shape index (κ1) is 15.4. The van der Waals surface area contributed by atoms with Crippen molar-refractivity contribution in [1.29, 1.82) is 0 Å². The van der Waals surface area contributed by atoms with E-state index in [-0.39, 0.29) is 5.91 Å². The molecular formula is C20H24N2O2. The number of para-hydroxylation sites is 1. The molecule has 126 valence electrons. The predicted octanol–water partition coefficient (Wildman–Crippen LogP) is 4.82. The molecule has 4 heteroatoms. The molecule has 2 aromatic rings. The average molecular weight is 324 g/mol. The van der Waals surface area contributed by atoms with Gasteiger partial charge in [-0.2, -0.15) is 5.10 Å². The minimum atomic E-state index is -0.248. The Kier molecular flexibility index (Phi) is 4.13. The van der Waals surface area contributed by atoms with Crippen LogP contribution >= 0.6 is 0 Å². The maximum Gasteiger partial charge on any atom is 0.307 e. The second-order valence-corrected chi connectivity index (χ2v) is 7.22. The lowest BCUT2D eigenvalue weighted by Crippen LogP contribution is -2.29.